The van der Waals surface area contributed by atoms with Gasteiger partial charge in [-0.3, -0.25) is 9.36 Å². The summed E-state index contributed by atoms with van der Waals surface area (Å²) in [6.07, 6.45) is 1.73. The molecule has 3 rings (SSSR count). The van der Waals surface area contributed by atoms with Gasteiger partial charge in [0.15, 0.2) is 11.0 Å². The molecule has 1 heterocycles. The molecule has 9 heteroatoms. The topological polar surface area (TPSA) is 69.0 Å². The lowest BCUT2D eigenvalue weighted by Gasteiger charge is -2.19. The minimum atomic E-state index is -2.98. The standard InChI is InChI=1S/C24H26F2N4O2S/c1-5-14-30-21(16-10-12-17(13-11-16)24(2,3)4)28-29-23(30)33-15-20(31)27-18-8-6-7-9-19(18)32-22(25)26/h5-13,22H,1,14-15H2,2-4H3,(H,27,31). The number of hydrogen-bond acceptors (Lipinski definition) is 5. The summed E-state index contributed by atoms with van der Waals surface area (Å²) in [5, 5.41) is 11.7. The minimum absolute atomic E-state index is 0.0151. The fourth-order valence-electron chi connectivity index (χ4n) is 3.11. The lowest BCUT2D eigenvalue weighted by molar-refractivity contribution is -0.113. The van der Waals surface area contributed by atoms with Crippen LogP contribution in [0.4, 0.5) is 14.5 Å². The number of amides is 1. The molecule has 174 valence electrons. The Morgan fingerprint density at radius 2 is 1.88 bits per heavy atom. The van der Waals surface area contributed by atoms with Crippen LogP contribution in [0, 0.1) is 0 Å². The Morgan fingerprint density at radius 3 is 2.52 bits per heavy atom. The maximum Gasteiger partial charge on any atom is 0.387 e. The summed E-state index contributed by atoms with van der Waals surface area (Å²) in [4.78, 5) is 12.4. The van der Waals surface area contributed by atoms with Gasteiger partial charge >= 0.3 is 6.61 Å². The number of anilines is 1. The van der Waals surface area contributed by atoms with E-state index in [1.807, 2.05) is 16.7 Å². The van der Waals surface area contributed by atoms with Gasteiger partial charge in [-0.05, 0) is 23.1 Å². The predicted molar refractivity (Wildman–Crippen MR) is 127 cm³/mol. The van der Waals surface area contributed by atoms with Crippen LogP contribution in [0.5, 0.6) is 5.75 Å². The summed E-state index contributed by atoms with van der Waals surface area (Å²) in [5.74, 6) is 0.214. The number of nitrogens with zero attached hydrogens (tertiary/aromatic N) is 3. The molecule has 2 aromatic carbocycles. The molecule has 1 N–H and O–H groups in total. The molecule has 0 bridgehead atoms. The monoisotopic (exact) mass is 472 g/mol. The number of ether oxygens (including phenoxy) is 1. The Labute approximate surface area is 196 Å². The normalized spacial score (nSPS) is 11.5. The van der Waals surface area contributed by atoms with Crippen molar-refractivity contribution in [2.24, 2.45) is 0 Å². The van der Waals surface area contributed by atoms with Gasteiger partial charge in [-0.25, -0.2) is 0 Å². The fraction of sp³-hybridized carbons (Fsp3) is 0.292. The second-order valence-electron chi connectivity index (χ2n) is 8.24. The molecule has 0 unspecified atom stereocenters. The summed E-state index contributed by atoms with van der Waals surface area (Å²) < 4.78 is 31.5. The average Bonchev–Trinajstić information content (AvgIpc) is 3.15. The second-order valence-corrected chi connectivity index (χ2v) is 9.19. The molecule has 0 atom stereocenters. The van der Waals surface area contributed by atoms with Crippen molar-refractivity contribution < 1.29 is 18.3 Å². The lowest BCUT2D eigenvalue weighted by Crippen LogP contribution is -2.16. The molecular formula is C24H26F2N4O2S. The molecule has 33 heavy (non-hydrogen) atoms. The van der Waals surface area contributed by atoms with Crippen molar-refractivity contribution in [2.75, 3.05) is 11.1 Å². The van der Waals surface area contributed by atoms with Crippen LogP contribution < -0.4 is 10.1 Å². The fourth-order valence-corrected chi connectivity index (χ4v) is 3.85. The summed E-state index contributed by atoms with van der Waals surface area (Å²) in [5.41, 5.74) is 2.34. The Balaban J connectivity index is 1.73. The highest BCUT2D eigenvalue weighted by molar-refractivity contribution is 7.99. The van der Waals surface area contributed by atoms with Crippen LogP contribution in [0.25, 0.3) is 11.4 Å². The van der Waals surface area contributed by atoms with Gasteiger partial charge in [0.25, 0.3) is 0 Å². The Morgan fingerprint density at radius 1 is 1.18 bits per heavy atom. The van der Waals surface area contributed by atoms with Crippen molar-refractivity contribution in [3.63, 3.8) is 0 Å². The molecule has 0 aliphatic rings. The predicted octanol–water partition coefficient (Wildman–Crippen LogP) is 5.76. The van der Waals surface area contributed by atoms with E-state index in [1.165, 1.54) is 29.5 Å². The van der Waals surface area contributed by atoms with E-state index in [1.54, 1.807) is 18.2 Å². The Hall–Kier alpha value is -3.20. The molecule has 0 radical (unpaired) electrons. The number of alkyl halides is 2. The molecule has 0 saturated carbocycles. The van der Waals surface area contributed by atoms with E-state index in [4.69, 9.17) is 0 Å². The van der Waals surface area contributed by atoms with Crippen molar-refractivity contribution in [3.8, 4) is 17.1 Å². The minimum Gasteiger partial charge on any atom is -0.433 e. The van der Waals surface area contributed by atoms with Crippen molar-refractivity contribution in [1.82, 2.24) is 14.8 Å². The molecule has 6 nitrogen and oxygen atoms in total. The van der Waals surface area contributed by atoms with Crippen molar-refractivity contribution >= 4 is 23.4 Å². The van der Waals surface area contributed by atoms with E-state index in [0.717, 1.165) is 5.56 Å². The van der Waals surface area contributed by atoms with Crippen LogP contribution in [0.3, 0.4) is 0 Å². The molecular weight excluding hydrogens is 446 g/mol. The number of benzene rings is 2. The summed E-state index contributed by atoms with van der Waals surface area (Å²) >= 11 is 1.20. The number of carbonyl (C=O) groups excluding carboxylic acids is 1. The molecule has 0 fully saturated rings. The van der Waals surface area contributed by atoms with Crippen molar-refractivity contribution in [3.05, 3.63) is 66.7 Å². The van der Waals surface area contributed by atoms with Gasteiger partial charge in [0.1, 0.15) is 5.75 Å². The summed E-state index contributed by atoms with van der Waals surface area (Å²) in [7, 11) is 0. The van der Waals surface area contributed by atoms with Gasteiger partial charge in [-0.1, -0.05) is 75.0 Å². The van der Waals surface area contributed by atoms with E-state index >= 15 is 0 Å². The largest absolute Gasteiger partial charge is 0.433 e. The van der Waals surface area contributed by atoms with Crippen LogP contribution in [-0.2, 0) is 16.8 Å². The van der Waals surface area contributed by atoms with Crippen LogP contribution in [-0.4, -0.2) is 33.0 Å². The zero-order valence-electron chi connectivity index (χ0n) is 18.7. The summed E-state index contributed by atoms with van der Waals surface area (Å²) in [6, 6.07) is 14.2. The van der Waals surface area contributed by atoms with Gasteiger partial charge in [0, 0.05) is 12.1 Å². The number of thioether (sulfide) groups is 1. The van der Waals surface area contributed by atoms with Crippen molar-refractivity contribution in [2.45, 2.75) is 44.5 Å². The highest BCUT2D eigenvalue weighted by Gasteiger charge is 2.18. The first-order valence-corrected chi connectivity index (χ1v) is 11.3. The molecule has 0 saturated heterocycles. The zero-order chi connectivity index (χ0) is 24.0. The van der Waals surface area contributed by atoms with Crippen LogP contribution in [0.15, 0.2) is 66.3 Å². The van der Waals surface area contributed by atoms with Gasteiger partial charge < -0.3 is 10.1 Å². The molecule has 0 spiro atoms. The first-order chi connectivity index (χ1) is 15.7. The maximum absolute atomic E-state index is 12.6. The van der Waals surface area contributed by atoms with Gasteiger partial charge in [0.2, 0.25) is 5.91 Å². The van der Waals surface area contributed by atoms with E-state index in [2.05, 4.69) is 59.7 Å². The molecule has 1 amide bonds. The smallest absolute Gasteiger partial charge is 0.387 e. The maximum atomic E-state index is 12.6. The van der Waals surface area contributed by atoms with E-state index in [-0.39, 0.29) is 28.5 Å². The first kappa shape index (κ1) is 24.4. The second kappa shape index (κ2) is 10.6. The molecule has 0 aliphatic carbocycles. The molecule has 0 aliphatic heterocycles. The third-order valence-electron chi connectivity index (χ3n) is 4.75. The average molecular weight is 473 g/mol. The highest BCUT2D eigenvalue weighted by atomic mass is 32.2. The quantitative estimate of drug-likeness (QED) is 0.317. The third-order valence-corrected chi connectivity index (χ3v) is 5.71. The van der Waals surface area contributed by atoms with Gasteiger partial charge in [-0.15, -0.1) is 16.8 Å². The third kappa shape index (κ3) is 6.41. The number of nitrogens with one attached hydrogen (secondary N) is 1. The van der Waals surface area contributed by atoms with Crippen LogP contribution in [0.2, 0.25) is 0 Å². The lowest BCUT2D eigenvalue weighted by atomic mass is 9.87. The van der Waals surface area contributed by atoms with Gasteiger partial charge in [-0.2, -0.15) is 8.78 Å². The zero-order valence-corrected chi connectivity index (χ0v) is 19.5. The highest BCUT2D eigenvalue weighted by Crippen LogP contribution is 2.29. The Kier molecular flexibility index (Phi) is 7.86. The molecule has 1 aromatic heterocycles. The SMILES string of the molecule is C=CCn1c(SCC(=O)Nc2ccccc2OC(F)F)nnc1-c1ccc(C(C)(C)C)cc1. The number of halogens is 2. The number of allylic oxidation sites excluding steroid dienone is 1. The van der Waals surface area contributed by atoms with Crippen molar-refractivity contribution in [1.29, 1.82) is 0 Å². The molecule has 3 aromatic rings. The first-order valence-electron chi connectivity index (χ1n) is 10.3. The number of carbonyl (C=O) groups is 1. The number of rotatable bonds is 9. The number of aromatic nitrogens is 3. The number of hydrogen-bond donors (Lipinski definition) is 1. The van der Waals surface area contributed by atoms with Gasteiger partial charge in [0.05, 0.1) is 11.4 Å². The van der Waals surface area contributed by atoms with E-state index in [0.29, 0.717) is 17.5 Å². The Bertz CT molecular complexity index is 1110. The van der Waals surface area contributed by atoms with E-state index in [9.17, 15) is 13.6 Å². The van der Waals surface area contributed by atoms with Crippen LogP contribution in [0.1, 0.15) is 26.3 Å². The van der Waals surface area contributed by atoms with Crippen LogP contribution >= 0.6 is 11.8 Å². The summed E-state index contributed by atoms with van der Waals surface area (Å²) in [6.45, 7) is 7.75. The van der Waals surface area contributed by atoms with E-state index < -0.39 is 6.61 Å². The number of para-hydroxylation sites is 2.